The number of carbonyl (C=O) groups excluding carboxylic acids is 1. The summed E-state index contributed by atoms with van der Waals surface area (Å²) >= 11 is 1.05. The third-order valence-electron chi connectivity index (χ3n) is 5.64. The van der Waals surface area contributed by atoms with E-state index in [0.717, 1.165) is 11.5 Å². The van der Waals surface area contributed by atoms with E-state index in [9.17, 15) is 19.5 Å². The van der Waals surface area contributed by atoms with Gasteiger partial charge in [0.05, 0.1) is 17.9 Å². The number of nitrogens with zero attached hydrogens (tertiary/aromatic N) is 5. The van der Waals surface area contributed by atoms with Crippen molar-refractivity contribution < 1.29 is 24.2 Å². The van der Waals surface area contributed by atoms with Gasteiger partial charge in [0.15, 0.2) is 11.5 Å². The van der Waals surface area contributed by atoms with Crippen LogP contribution in [0.15, 0.2) is 17.1 Å². The summed E-state index contributed by atoms with van der Waals surface area (Å²) in [6.45, 7) is 6.32. The SMILES string of the molecule is CCOCCNC(=O)C1CN(c2cc(C)c3c(=O)c(C(=O)O)cn(-c4nc(COC)ns4)c3n2)C1. The number of aryl methyl sites for hydroxylation is 1. The van der Waals surface area contributed by atoms with Crippen molar-refractivity contribution >= 4 is 40.3 Å². The number of nitrogens with one attached hydrogen (secondary N) is 1. The fraction of sp³-hybridized carbons (Fsp3) is 0.455. The van der Waals surface area contributed by atoms with Crippen LogP contribution in [0.3, 0.4) is 0 Å². The molecule has 0 aromatic carbocycles. The largest absolute Gasteiger partial charge is 0.477 e. The predicted octanol–water partition coefficient (Wildman–Crippen LogP) is 0.979. The van der Waals surface area contributed by atoms with Crippen molar-refractivity contribution in [3.63, 3.8) is 0 Å². The van der Waals surface area contributed by atoms with E-state index in [4.69, 9.17) is 9.47 Å². The number of pyridine rings is 2. The first-order valence-corrected chi connectivity index (χ1v) is 11.8. The number of hydrogen-bond acceptors (Lipinski definition) is 10. The van der Waals surface area contributed by atoms with Crippen molar-refractivity contribution in [1.82, 2.24) is 24.2 Å². The first-order valence-electron chi connectivity index (χ1n) is 11.1. The van der Waals surface area contributed by atoms with Gasteiger partial charge in [-0.25, -0.2) is 14.8 Å². The van der Waals surface area contributed by atoms with Crippen LogP contribution in [0.2, 0.25) is 0 Å². The molecule has 0 radical (unpaired) electrons. The van der Waals surface area contributed by atoms with Crippen LogP contribution in [0.1, 0.15) is 28.7 Å². The first-order chi connectivity index (χ1) is 16.8. The topological polar surface area (TPSA) is 149 Å². The maximum Gasteiger partial charge on any atom is 0.341 e. The van der Waals surface area contributed by atoms with E-state index in [1.54, 1.807) is 13.0 Å². The van der Waals surface area contributed by atoms with Crippen molar-refractivity contribution in [2.75, 3.05) is 44.9 Å². The van der Waals surface area contributed by atoms with Crippen LogP contribution in [-0.2, 0) is 20.9 Å². The highest BCUT2D eigenvalue weighted by Crippen LogP contribution is 2.28. The molecule has 12 nitrogen and oxygen atoms in total. The summed E-state index contributed by atoms with van der Waals surface area (Å²) in [5.74, 6) is -0.528. The summed E-state index contributed by atoms with van der Waals surface area (Å²) in [6.07, 6.45) is 1.23. The van der Waals surface area contributed by atoms with Crippen molar-refractivity contribution in [1.29, 1.82) is 0 Å². The van der Waals surface area contributed by atoms with Crippen LogP contribution >= 0.6 is 11.5 Å². The molecule has 4 heterocycles. The highest BCUT2D eigenvalue weighted by atomic mass is 32.1. The molecule has 1 saturated heterocycles. The van der Waals surface area contributed by atoms with Crippen LogP contribution in [0.25, 0.3) is 16.2 Å². The van der Waals surface area contributed by atoms with E-state index in [0.29, 0.717) is 55.2 Å². The number of methoxy groups -OCH3 is 1. The maximum atomic E-state index is 13.0. The van der Waals surface area contributed by atoms with Gasteiger partial charge in [-0.3, -0.25) is 14.2 Å². The number of anilines is 1. The molecule has 0 atom stereocenters. The molecule has 2 N–H and O–H groups in total. The average molecular weight is 503 g/mol. The van der Waals surface area contributed by atoms with Crippen LogP contribution in [0.5, 0.6) is 0 Å². The highest BCUT2D eigenvalue weighted by Gasteiger charge is 2.34. The molecule has 0 bridgehead atoms. The van der Waals surface area contributed by atoms with Gasteiger partial charge >= 0.3 is 5.97 Å². The molecule has 0 aliphatic carbocycles. The normalized spacial score (nSPS) is 13.7. The number of ether oxygens (including phenoxy) is 2. The van der Waals surface area contributed by atoms with Crippen LogP contribution in [-0.4, -0.2) is 75.8 Å². The number of aromatic nitrogens is 4. The average Bonchev–Trinajstić information content (AvgIpc) is 3.24. The van der Waals surface area contributed by atoms with Crippen molar-refractivity contribution in [3.05, 3.63) is 39.4 Å². The Morgan fingerprint density at radius 1 is 1.31 bits per heavy atom. The second kappa shape index (κ2) is 10.5. The minimum atomic E-state index is -1.34. The highest BCUT2D eigenvalue weighted by molar-refractivity contribution is 7.08. The van der Waals surface area contributed by atoms with Crippen LogP contribution in [0.4, 0.5) is 5.82 Å². The summed E-state index contributed by atoms with van der Waals surface area (Å²) in [5.41, 5.74) is -0.138. The summed E-state index contributed by atoms with van der Waals surface area (Å²) in [6, 6.07) is 1.74. The summed E-state index contributed by atoms with van der Waals surface area (Å²) < 4.78 is 16.0. The third kappa shape index (κ3) is 5.01. The third-order valence-corrected chi connectivity index (χ3v) is 6.39. The minimum Gasteiger partial charge on any atom is -0.477 e. The fourth-order valence-corrected chi connectivity index (χ4v) is 4.49. The molecular weight excluding hydrogens is 476 g/mol. The molecule has 1 aliphatic heterocycles. The van der Waals surface area contributed by atoms with E-state index in [1.807, 2.05) is 11.8 Å². The number of hydrogen-bond donors (Lipinski definition) is 2. The molecule has 4 rings (SSSR count). The second-order valence-electron chi connectivity index (χ2n) is 8.06. The molecule has 35 heavy (non-hydrogen) atoms. The molecule has 3 aromatic rings. The molecule has 3 aromatic heterocycles. The molecular formula is C22H26N6O6S. The number of rotatable bonds is 10. The summed E-state index contributed by atoms with van der Waals surface area (Å²) in [7, 11) is 1.52. The maximum absolute atomic E-state index is 13.0. The lowest BCUT2D eigenvalue weighted by atomic mass is 9.98. The van der Waals surface area contributed by atoms with Gasteiger partial charge in [0.25, 0.3) is 0 Å². The minimum absolute atomic E-state index is 0.0407. The summed E-state index contributed by atoms with van der Waals surface area (Å²) in [5, 5.41) is 13.0. The molecule has 0 saturated carbocycles. The first kappa shape index (κ1) is 24.7. The van der Waals surface area contributed by atoms with Gasteiger partial charge in [0.1, 0.15) is 18.0 Å². The molecule has 1 aliphatic rings. The Labute approximate surface area is 204 Å². The lowest BCUT2D eigenvalue weighted by Crippen LogP contribution is -2.54. The van der Waals surface area contributed by atoms with E-state index in [-0.39, 0.29) is 35.0 Å². The van der Waals surface area contributed by atoms with Crippen LogP contribution in [0, 0.1) is 12.8 Å². The quantitative estimate of drug-likeness (QED) is 0.384. The van der Waals surface area contributed by atoms with Gasteiger partial charge in [-0.2, -0.15) is 4.37 Å². The Morgan fingerprint density at radius 3 is 2.77 bits per heavy atom. The van der Waals surface area contributed by atoms with Gasteiger partial charge in [0, 0.05) is 51.1 Å². The van der Waals surface area contributed by atoms with Gasteiger partial charge in [-0.1, -0.05) is 0 Å². The fourth-order valence-electron chi connectivity index (χ4n) is 3.83. The van der Waals surface area contributed by atoms with Crippen molar-refractivity contribution in [3.8, 4) is 5.13 Å². The van der Waals surface area contributed by atoms with Gasteiger partial charge in [-0.05, 0) is 25.5 Å². The van der Waals surface area contributed by atoms with Gasteiger partial charge < -0.3 is 24.8 Å². The Balaban J connectivity index is 1.67. The zero-order valence-electron chi connectivity index (χ0n) is 19.6. The number of carboxylic acids is 1. The Bertz CT molecular complexity index is 1320. The predicted molar refractivity (Wildman–Crippen MR) is 128 cm³/mol. The monoisotopic (exact) mass is 502 g/mol. The molecule has 0 unspecified atom stereocenters. The van der Waals surface area contributed by atoms with E-state index < -0.39 is 11.4 Å². The Hall–Kier alpha value is -3.42. The molecule has 1 fully saturated rings. The number of amides is 1. The molecule has 13 heteroatoms. The number of aromatic carboxylic acids is 1. The van der Waals surface area contributed by atoms with E-state index in [1.165, 1.54) is 17.9 Å². The van der Waals surface area contributed by atoms with E-state index >= 15 is 0 Å². The molecule has 1 amide bonds. The number of carboxylic acid groups (broad SMARTS) is 1. The van der Waals surface area contributed by atoms with Crippen LogP contribution < -0.4 is 15.6 Å². The van der Waals surface area contributed by atoms with Crippen molar-refractivity contribution in [2.24, 2.45) is 5.92 Å². The molecule has 0 spiro atoms. The zero-order chi connectivity index (χ0) is 25.1. The van der Waals surface area contributed by atoms with E-state index in [2.05, 4.69) is 19.7 Å². The van der Waals surface area contributed by atoms with Crippen molar-refractivity contribution in [2.45, 2.75) is 20.5 Å². The standard InChI is InChI=1S/C22H26N6O6S/c1-4-34-6-5-23-20(30)13-8-27(9-13)16-7-12(2)17-18(29)14(21(31)32)10-28(19(17)25-16)22-24-15(11-33-3)26-35-22/h7,10,13H,4-6,8-9,11H2,1-3H3,(H,23,30)(H,31,32). The smallest absolute Gasteiger partial charge is 0.341 e. The number of fused-ring (bicyclic) bond motifs is 1. The van der Waals surface area contributed by atoms with Gasteiger partial charge in [-0.15, -0.1) is 0 Å². The Kier molecular flexibility index (Phi) is 7.38. The van der Waals surface area contributed by atoms with Gasteiger partial charge in [0.2, 0.25) is 16.5 Å². The zero-order valence-corrected chi connectivity index (χ0v) is 20.4. The lowest BCUT2D eigenvalue weighted by Gasteiger charge is -2.39. The Morgan fingerprint density at radius 2 is 2.09 bits per heavy atom. The molecule has 186 valence electrons. The number of carbonyl (C=O) groups is 2. The lowest BCUT2D eigenvalue weighted by molar-refractivity contribution is -0.125. The summed E-state index contributed by atoms with van der Waals surface area (Å²) in [4.78, 5) is 48.1. The second-order valence-corrected chi connectivity index (χ2v) is 8.79.